The maximum absolute atomic E-state index is 3.69. The lowest BCUT2D eigenvalue weighted by atomic mass is 9.98. The van der Waals surface area contributed by atoms with E-state index in [-0.39, 0.29) is 0 Å². The predicted octanol–water partition coefficient (Wildman–Crippen LogP) is 1.93. The number of piperazine rings is 1. The number of nitrogens with one attached hydrogen (secondary N) is 1. The molecule has 0 radical (unpaired) electrons. The highest BCUT2D eigenvalue weighted by atomic mass is 15.3. The van der Waals surface area contributed by atoms with Crippen LogP contribution >= 0.6 is 0 Å². The minimum atomic E-state index is 0.817. The Kier molecular flexibility index (Phi) is 4.78. The first-order valence-corrected chi connectivity index (χ1v) is 8.56. The fourth-order valence-corrected chi connectivity index (χ4v) is 4.52. The Morgan fingerprint density at radius 2 is 2.00 bits per heavy atom. The van der Waals surface area contributed by atoms with Crippen LogP contribution in [0.15, 0.2) is 0 Å². The van der Waals surface area contributed by atoms with Crippen LogP contribution in [0.25, 0.3) is 0 Å². The van der Waals surface area contributed by atoms with E-state index in [0.717, 1.165) is 24.5 Å². The van der Waals surface area contributed by atoms with Crippen LogP contribution in [0.3, 0.4) is 0 Å². The normalized spacial score (nSPS) is 36.8. The largest absolute Gasteiger partial charge is 0.314 e. The van der Waals surface area contributed by atoms with E-state index in [0.29, 0.717) is 0 Å². The average Bonchev–Trinajstić information content (AvgIpc) is 3.05. The molecule has 0 aromatic rings. The van der Waals surface area contributed by atoms with E-state index in [4.69, 9.17) is 0 Å². The molecule has 3 unspecified atom stereocenters. The van der Waals surface area contributed by atoms with E-state index in [1.165, 1.54) is 71.2 Å². The average molecular weight is 265 g/mol. The van der Waals surface area contributed by atoms with Crippen molar-refractivity contribution >= 4 is 0 Å². The number of hydrogen-bond acceptors (Lipinski definition) is 3. The highest BCUT2D eigenvalue weighted by Gasteiger charge is 2.31. The summed E-state index contributed by atoms with van der Waals surface area (Å²) in [6.07, 6.45) is 8.61. The van der Waals surface area contributed by atoms with Crippen LogP contribution < -0.4 is 5.32 Å². The van der Waals surface area contributed by atoms with Gasteiger partial charge in [0.15, 0.2) is 0 Å². The molecule has 2 heterocycles. The molecule has 0 aromatic carbocycles. The summed E-state index contributed by atoms with van der Waals surface area (Å²) in [5.41, 5.74) is 0. The third kappa shape index (κ3) is 3.32. The van der Waals surface area contributed by atoms with E-state index in [1.54, 1.807) is 0 Å². The van der Waals surface area contributed by atoms with Gasteiger partial charge in [0.05, 0.1) is 0 Å². The smallest absolute Gasteiger partial charge is 0.0224 e. The first-order chi connectivity index (χ1) is 9.36. The Morgan fingerprint density at radius 3 is 2.89 bits per heavy atom. The summed E-state index contributed by atoms with van der Waals surface area (Å²) in [5, 5.41) is 3.69. The van der Waals surface area contributed by atoms with Crippen LogP contribution in [0.5, 0.6) is 0 Å². The lowest BCUT2D eigenvalue weighted by Crippen LogP contribution is -2.50. The van der Waals surface area contributed by atoms with Gasteiger partial charge in [0, 0.05) is 31.7 Å². The van der Waals surface area contributed by atoms with Crippen LogP contribution in [-0.2, 0) is 0 Å². The molecule has 1 N–H and O–H groups in total. The summed E-state index contributed by atoms with van der Waals surface area (Å²) >= 11 is 0. The summed E-state index contributed by atoms with van der Waals surface area (Å²) < 4.78 is 0. The van der Waals surface area contributed by atoms with Crippen molar-refractivity contribution in [1.29, 1.82) is 0 Å². The molecule has 3 nitrogen and oxygen atoms in total. The van der Waals surface area contributed by atoms with E-state index < -0.39 is 0 Å². The van der Waals surface area contributed by atoms with Gasteiger partial charge in [0.25, 0.3) is 0 Å². The van der Waals surface area contributed by atoms with Crippen LogP contribution in [0, 0.1) is 5.92 Å². The zero-order valence-corrected chi connectivity index (χ0v) is 12.6. The summed E-state index contributed by atoms with van der Waals surface area (Å²) in [4.78, 5) is 5.46. The van der Waals surface area contributed by atoms with Crippen LogP contribution in [-0.4, -0.2) is 61.2 Å². The predicted molar refractivity (Wildman–Crippen MR) is 80.5 cm³/mol. The second kappa shape index (κ2) is 6.55. The molecule has 3 heteroatoms. The van der Waals surface area contributed by atoms with E-state index in [2.05, 4.69) is 22.0 Å². The van der Waals surface area contributed by atoms with E-state index in [1.807, 2.05) is 0 Å². The van der Waals surface area contributed by atoms with Gasteiger partial charge < -0.3 is 10.2 Å². The molecule has 3 rings (SSSR count). The Bertz CT molecular complexity index is 281. The first kappa shape index (κ1) is 13.8. The Balaban J connectivity index is 1.42. The third-order valence-electron chi connectivity index (χ3n) is 5.61. The van der Waals surface area contributed by atoms with Crippen molar-refractivity contribution in [1.82, 2.24) is 15.1 Å². The van der Waals surface area contributed by atoms with Gasteiger partial charge in [0.1, 0.15) is 0 Å². The standard InChI is InChI=1S/C16H31N3/c1-2-17-16-7-3-5-14(16)8-10-18-11-12-19-9-4-6-15(19)13-18/h14-17H,2-13H2,1H3. The maximum Gasteiger partial charge on any atom is 0.0224 e. The van der Waals surface area contributed by atoms with Crippen LogP contribution in [0.4, 0.5) is 0 Å². The number of nitrogens with zero attached hydrogens (tertiary/aromatic N) is 2. The van der Waals surface area contributed by atoms with Gasteiger partial charge in [-0.25, -0.2) is 0 Å². The van der Waals surface area contributed by atoms with Gasteiger partial charge in [-0.1, -0.05) is 13.3 Å². The fraction of sp³-hybridized carbons (Fsp3) is 1.00. The van der Waals surface area contributed by atoms with Gasteiger partial charge in [-0.15, -0.1) is 0 Å². The molecule has 3 aliphatic rings. The van der Waals surface area contributed by atoms with Gasteiger partial charge in [-0.2, -0.15) is 0 Å². The molecule has 0 bridgehead atoms. The Hall–Kier alpha value is -0.120. The topological polar surface area (TPSA) is 18.5 Å². The van der Waals surface area contributed by atoms with Crippen molar-refractivity contribution in [2.45, 2.75) is 57.5 Å². The summed E-state index contributed by atoms with van der Waals surface area (Å²) in [5.74, 6) is 0.946. The zero-order chi connectivity index (χ0) is 13.1. The van der Waals surface area contributed by atoms with Gasteiger partial charge >= 0.3 is 0 Å². The molecule has 2 aliphatic heterocycles. The number of rotatable bonds is 5. The Morgan fingerprint density at radius 1 is 1.05 bits per heavy atom. The molecule has 110 valence electrons. The minimum absolute atomic E-state index is 0.817. The number of hydrogen-bond donors (Lipinski definition) is 1. The quantitative estimate of drug-likeness (QED) is 0.819. The van der Waals surface area contributed by atoms with Crippen molar-refractivity contribution < 1.29 is 0 Å². The molecule has 19 heavy (non-hydrogen) atoms. The maximum atomic E-state index is 3.69. The molecule has 0 amide bonds. The SMILES string of the molecule is CCNC1CCCC1CCN1CCN2CCCC2C1. The Labute approximate surface area is 118 Å². The summed E-state index contributed by atoms with van der Waals surface area (Å²) in [6, 6.07) is 1.71. The van der Waals surface area contributed by atoms with E-state index >= 15 is 0 Å². The third-order valence-corrected chi connectivity index (χ3v) is 5.61. The molecule has 0 aromatic heterocycles. The van der Waals surface area contributed by atoms with Gasteiger partial charge in [-0.05, 0) is 57.7 Å². The monoisotopic (exact) mass is 265 g/mol. The lowest BCUT2D eigenvalue weighted by Gasteiger charge is -2.38. The van der Waals surface area contributed by atoms with Gasteiger partial charge in [0.2, 0.25) is 0 Å². The van der Waals surface area contributed by atoms with Crippen LogP contribution in [0.1, 0.15) is 45.4 Å². The second-order valence-corrected chi connectivity index (χ2v) is 6.78. The summed E-state index contributed by atoms with van der Waals surface area (Å²) in [6.45, 7) is 10.1. The second-order valence-electron chi connectivity index (χ2n) is 6.78. The molecule has 1 aliphatic carbocycles. The highest BCUT2D eigenvalue weighted by molar-refractivity contribution is 4.88. The first-order valence-electron chi connectivity index (χ1n) is 8.56. The lowest BCUT2D eigenvalue weighted by molar-refractivity contribution is 0.0986. The zero-order valence-electron chi connectivity index (χ0n) is 12.6. The number of fused-ring (bicyclic) bond motifs is 1. The molecule has 2 saturated heterocycles. The van der Waals surface area contributed by atoms with Crippen molar-refractivity contribution in [2.24, 2.45) is 5.92 Å². The van der Waals surface area contributed by atoms with Crippen molar-refractivity contribution in [3.8, 4) is 0 Å². The van der Waals surface area contributed by atoms with Gasteiger partial charge in [-0.3, -0.25) is 4.90 Å². The fourth-order valence-electron chi connectivity index (χ4n) is 4.52. The molecule has 3 fully saturated rings. The molecule has 3 atom stereocenters. The molecular formula is C16H31N3. The van der Waals surface area contributed by atoms with E-state index in [9.17, 15) is 0 Å². The van der Waals surface area contributed by atoms with Crippen molar-refractivity contribution in [3.05, 3.63) is 0 Å². The summed E-state index contributed by atoms with van der Waals surface area (Å²) in [7, 11) is 0. The van der Waals surface area contributed by atoms with Crippen molar-refractivity contribution in [2.75, 3.05) is 39.3 Å². The molecule has 1 saturated carbocycles. The molecular weight excluding hydrogens is 234 g/mol. The van der Waals surface area contributed by atoms with Crippen LogP contribution in [0.2, 0.25) is 0 Å². The highest BCUT2D eigenvalue weighted by Crippen LogP contribution is 2.29. The minimum Gasteiger partial charge on any atom is -0.314 e. The molecule has 0 spiro atoms. The van der Waals surface area contributed by atoms with Crippen molar-refractivity contribution in [3.63, 3.8) is 0 Å².